The monoisotopic (exact) mass is 192 g/mol. The minimum atomic E-state index is 0.750. The summed E-state index contributed by atoms with van der Waals surface area (Å²) in [6, 6.07) is 5.84. The molecule has 0 aliphatic rings. The van der Waals surface area contributed by atoms with E-state index in [1.807, 2.05) is 18.2 Å². The molecule has 0 saturated heterocycles. The lowest BCUT2D eigenvalue weighted by Crippen LogP contribution is -1.91. The van der Waals surface area contributed by atoms with Gasteiger partial charge in [-0.15, -0.1) is 0 Å². The fourth-order valence-electron chi connectivity index (χ4n) is 1.26. The molecule has 0 aliphatic heterocycles. The van der Waals surface area contributed by atoms with E-state index in [1.54, 1.807) is 14.2 Å². The molecule has 2 heteroatoms. The Labute approximate surface area is 85.2 Å². The molecule has 0 bridgehead atoms. The Morgan fingerprint density at radius 3 is 2.36 bits per heavy atom. The zero-order valence-corrected chi connectivity index (χ0v) is 8.96. The molecule has 0 radical (unpaired) electrons. The number of ether oxygens (including phenoxy) is 2. The maximum Gasteiger partial charge on any atom is 0.161 e. The van der Waals surface area contributed by atoms with E-state index >= 15 is 0 Å². The molecular weight excluding hydrogens is 176 g/mol. The lowest BCUT2D eigenvalue weighted by Gasteiger charge is -2.10. The summed E-state index contributed by atoms with van der Waals surface area (Å²) in [5, 5.41) is 0. The summed E-state index contributed by atoms with van der Waals surface area (Å²) in [5.74, 6) is 1.50. The molecule has 1 aromatic rings. The number of hydrogen-bond donors (Lipinski definition) is 0. The van der Waals surface area contributed by atoms with Gasteiger partial charge in [0.2, 0.25) is 0 Å². The molecule has 0 spiro atoms. The predicted octanol–water partition coefficient (Wildman–Crippen LogP) is 3.13. The van der Waals surface area contributed by atoms with E-state index in [9.17, 15) is 0 Å². The molecule has 0 atom stereocenters. The summed E-state index contributed by atoms with van der Waals surface area (Å²) in [7, 11) is 3.27. The Hall–Kier alpha value is -1.44. The molecule has 0 aliphatic carbocycles. The first-order chi connectivity index (χ1) is 6.72. The summed E-state index contributed by atoms with van der Waals surface area (Å²) < 4.78 is 10.4. The first-order valence-electron chi connectivity index (χ1n) is 4.63. The summed E-state index contributed by atoms with van der Waals surface area (Å²) in [4.78, 5) is 0. The third-order valence-corrected chi connectivity index (χ3v) is 2.22. The van der Waals surface area contributed by atoms with Crippen LogP contribution < -0.4 is 9.47 Å². The number of hydrogen-bond acceptors (Lipinski definition) is 2. The summed E-state index contributed by atoms with van der Waals surface area (Å²) in [6.07, 6.45) is 0.940. The molecule has 0 heterocycles. The highest BCUT2D eigenvalue weighted by molar-refractivity contribution is 5.66. The Morgan fingerprint density at radius 2 is 1.86 bits per heavy atom. The van der Waals surface area contributed by atoms with Gasteiger partial charge in [0.15, 0.2) is 11.5 Å². The van der Waals surface area contributed by atoms with Gasteiger partial charge in [-0.05, 0) is 29.7 Å². The van der Waals surface area contributed by atoms with Crippen molar-refractivity contribution in [2.24, 2.45) is 0 Å². The van der Waals surface area contributed by atoms with E-state index in [-0.39, 0.29) is 0 Å². The number of methoxy groups -OCH3 is 2. The Morgan fingerprint density at radius 1 is 1.21 bits per heavy atom. The predicted molar refractivity (Wildman–Crippen MR) is 58.9 cm³/mol. The van der Waals surface area contributed by atoms with Crippen LogP contribution >= 0.6 is 0 Å². The van der Waals surface area contributed by atoms with Crippen molar-refractivity contribution in [3.63, 3.8) is 0 Å². The van der Waals surface area contributed by atoms with Crippen LogP contribution in [0.5, 0.6) is 11.5 Å². The normalized spacial score (nSPS) is 9.64. The van der Waals surface area contributed by atoms with Gasteiger partial charge >= 0.3 is 0 Å². The van der Waals surface area contributed by atoms with Crippen molar-refractivity contribution >= 4 is 5.57 Å². The van der Waals surface area contributed by atoms with Crippen LogP contribution in [0, 0.1) is 0 Å². The van der Waals surface area contributed by atoms with E-state index in [2.05, 4.69) is 13.5 Å². The zero-order chi connectivity index (χ0) is 10.6. The van der Waals surface area contributed by atoms with Crippen LogP contribution in [0.3, 0.4) is 0 Å². The molecular formula is C12H16O2. The molecule has 0 N–H and O–H groups in total. The van der Waals surface area contributed by atoms with Crippen LogP contribution in [-0.4, -0.2) is 14.2 Å². The molecule has 0 saturated carbocycles. The minimum absolute atomic E-state index is 0.750. The number of allylic oxidation sites excluding steroid dienone is 1. The molecule has 1 aromatic carbocycles. The van der Waals surface area contributed by atoms with E-state index in [1.165, 1.54) is 0 Å². The highest BCUT2D eigenvalue weighted by Gasteiger charge is 2.05. The average Bonchev–Trinajstić information content (AvgIpc) is 2.26. The summed E-state index contributed by atoms with van der Waals surface area (Å²) >= 11 is 0. The van der Waals surface area contributed by atoms with Gasteiger partial charge in [0, 0.05) is 0 Å². The molecule has 14 heavy (non-hydrogen) atoms. The molecule has 0 unspecified atom stereocenters. The van der Waals surface area contributed by atoms with Gasteiger partial charge in [-0.25, -0.2) is 0 Å². The standard InChI is InChI=1S/C12H16O2/c1-5-9(2)10-6-7-11(13-3)12(8-10)14-4/h6-8H,2,5H2,1,3-4H3. The smallest absolute Gasteiger partial charge is 0.161 e. The van der Waals surface area contributed by atoms with Crippen LogP contribution in [0.2, 0.25) is 0 Å². The van der Waals surface area contributed by atoms with Crippen LogP contribution in [-0.2, 0) is 0 Å². The molecule has 0 aromatic heterocycles. The van der Waals surface area contributed by atoms with Gasteiger partial charge in [-0.2, -0.15) is 0 Å². The highest BCUT2D eigenvalue weighted by Crippen LogP contribution is 2.30. The summed E-state index contributed by atoms with van der Waals surface area (Å²) in [5.41, 5.74) is 2.20. The van der Waals surface area contributed by atoms with Gasteiger partial charge in [-0.1, -0.05) is 19.6 Å². The first kappa shape index (κ1) is 10.6. The Balaban J connectivity index is 3.07. The summed E-state index contributed by atoms with van der Waals surface area (Å²) in [6.45, 7) is 6.06. The fourth-order valence-corrected chi connectivity index (χ4v) is 1.26. The molecule has 2 nitrogen and oxygen atoms in total. The SMILES string of the molecule is C=C(CC)c1ccc(OC)c(OC)c1. The maximum absolute atomic E-state index is 5.21. The molecule has 1 rings (SSSR count). The van der Waals surface area contributed by atoms with Crippen LogP contribution in [0.15, 0.2) is 24.8 Å². The lowest BCUT2D eigenvalue weighted by molar-refractivity contribution is 0.355. The lowest BCUT2D eigenvalue weighted by atomic mass is 10.1. The fraction of sp³-hybridized carbons (Fsp3) is 0.333. The molecule has 76 valence electrons. The van der Waals surface area contributed by atoms with Crippen molar-refractivity contribution in [2.45, 2.75) is 13.3 Å². The second-order valence-corrected chi connectivity index (χ2v) is 3.03. The third kappa shape index (κ3) is 2.08. The highest BCUT2D eigenvalue weighted by atomic mass is 16.5. The molecule has 0 amide bonds. The maximum atomic E-state index is 5.21. The van der Waals surface area contributed by atoms with Gasteiger partial charge < -0.3 is 9.47 Å². The number of benzene rings is 1. The van der Waals surface area contributed by atoms with Crippen molar-refractivity contribution in [1.29, 1.82) is 0 Å². The topological polar surface area (TPSA) is 18.5 Å². The Bertz CT molecular complexity index is 329. The van der Waals surface area contributed by atoms with E-state index in [0.29, 0.717) is 0 Å². The van der Waals surface area contributed by atoms with Gasteiger partial charge in [-0.3, -0.25) is 0 Å². The van der Waals surface area contributed by atoms with Crippen molar-refractivity contribution in [1.82, 2.24) is 0 Å². The van der Waals surface area contributed by atoms with Crippen molar-refractivity contribution in [2.75, 3.05) is 14.2 Å². The molecule has 0 fully saturated rings. The zero-order valence-electron chi connectivity index (χ0n) is 8.96. The van der Waals surface area contributed by atoms with Crippen molar-refractivity contribution < 1.29 is 9.47 Å². The Kier molecular flexibility index (Phi) is 3.57. The van der Waals surface area contributed by atoms with E-state index in [0.717, 1.165) is 29.1 Å². The number of rotatable bonds is 4. The van der Waals surface area contributed by atoms with Gasteiger partial charge in [0.25, 0.3) is 0 Å². The minimum Gasteiger partial charge on any atom is -0.493 e. The van der Waals surface area contributed by atoms with Crippen LogP contribution in [0.25, 0.3) is 5.57 Å². The van der Waals surface area contributed by atoms with Gasteiger partial charge in [0.05, 0.1) is 14.2 Å². The largest absolute Gasteiger partial charge is 0.493 e. The third-order valence-electron chi connectivity index (χ3n) is 2.22. The van der Waals surface area contributed by atoms with E-state index < -0.39 is 0 Å². The second kappa shape index (κ2) is 4.70. The quantitative estimate of drug-likeness (QED) is 0.729. The van der Waals surface area contributed by atoms with Crippen LogP contribution in [0.1, 0.15) is 18.9 Å². The van der Waals surface area contributed by atoms with Crippen molar-refractivity contribution in [3.05, 3.63) is 30.3 Å². The first-order valence-corrected chi connectivity index (χ1v) is 4.63. The van der Waals surface area contributed by atoms with Crippen molar-refractivity contribution in [3.8, 4) is 11.5 Å². The van der Waals surface area contributed by atoms with Gasteiger partial charge in [0.1, 0.15) is 0 Å². The second-order valence-electron chi connectivity index (χ2n) is 3.03. The van der Waals surface area contributed by atoms with Crippen LogP contribution in [0.4, 0.5) is 0 Å². The van der Waals surface area contributed by atoms with E-state index in [4.69, 9.17) is 9.47 Å². The average molecular weight is 192 g/mol.